The summed E-state index contributed by atoms with van der Waals surface area (Å²) in [5, 5.41) is 9.20. The zero-order valence-corrected chi connectivity index (χ0v) is 11.4. The summed E-state index contributed by atoms with van der Waals surface area (Å²) < 4.78 is 5.70. The van der Waals surface area contributed by atoms with Crippen LogP contribution in [0.3, 0.4) is 0 Å². The van der Waals surface area contributed by atoms with Gasteiger partial charge in [0.25, 0.3) is 0 Å². The monoisotopic (exact) mass is 243 g/mol. The van der Waals surface area contributed by atoms with Crippen LogP contribution in [0.25, 0.3) is 0 Å². The molecule has 1 rings (SSSR count). The minimum absolute atomic E-state index is 0.0324. The van der Waals surface area contributed by atoms with Gasteiger partial charge in [0, 0.05) is 19.0 Å². The maximum atomic E-state index is 12.2. The minimum atomic E-state index is -0.368. The predicted molar refractivity (Wildman–Crippen MR) is 66.7 cm³/mol. The van der Waals surface area contributed by atoms with Gasteiger partial charge < -0.3 is 14.7 Å². The van der Waals surface area contributed by atoms with E-state index in [1.165, 1.54) is 0 Å². The summed E-state index contributed by atoms with van der Waals surface area (Å²) in [5.74, 6) is 0.245. The van der Waals surface area contributed by atoms with E-state index in [9.17, 15) is 9.90 Å². The van der Waals surface area contributed by atoms with Crippen molar-refractivity contribution < 1.29 is 14.6 Å². The Balaban J connectivity index is 2.66. The second kappa shape index (κ2) is 5.83. The lowest BCUT2D eigenvalue weighted by Gasteiger charge is -2.43. The summed E-state index contributed by atoms with van der Waals surface area (Å²) in [7, 11) is 0. The number of nitrogens with zero attached hydrogens (tertiary/aromatic N) is 1. The Morgan fingerprint density at radius 1 is 1.59 bits per heavy atom. The topological polar surface area (TPSA) is 49.8 Å². The van der Waals surface area contributed by atoms with Gasteiger partial charge in [-0.05, 0) is 20.3 Å². The molecule has 0 spiro atoms. The first kappa shape index (κ1) is 14.5. The second-order valence-corrected chi connectivity index (χ2v) is 5.59. The molecule has 1 aliphatic heterocycles. The number of aliphatic hydroxyl groups is 1. The first-order valence-electron chi connectivity index (χ1n) is 6.47. The molecule has 4 nitrogen and oxygen atoms in total. The second-order valence-electron chi connectivity index (χ2n) is 5.59. The fourth-order valence-corrected chi connectivity index (χ4v) is 2.43. The molecular formula is C13H25NO3. The maximum Gasteiger partial charge on any atom is 0.225 e. The molecule has 0 bridgehead atoms. The number of hydrogen-bond acceptors (Lipinski definition) is 3. The Bertz CT molecular complexity index is 265. The Hall–Kier alpha value is -0.610. The summed E-state index contributed by atoms with van der Waals surface area (Å²) in [6.45, 7) is 9.06. The van der Waals surface area contributed by atoms with Gasteiger partial charge in [0.1, 0.15) is 0 Å². The third kappa shape index (κ3) is 3.96. The van der Waals surface area contributed by atoms with E-state index in [-0.39, 0.29) is 30.1 Å². The van der Waals surface area contributed by atoms with Crippen LogP contribution >= 0.6 is 0 Å². The number of hydrogen-bond donors (Lipinski definition) is 1. The molecule has 4 heteroatoms. The normalized spacial score (nSPS) is 25.7. The summed E-state index contributed by atoms with van der Waals surface area (Å²) in [4.78, 5) is 14.1. The van der Waals surface area contributed by atoms with Crippen molar-refractivity contribution in [1.82, 2.24) is 4.90 Å². The lowest BCUT2D eigenvalue weighted by molar-refractivity contribution is -0.169. The fraction of sp³-hybridized carbons (Fsp3) is 0.923. The molecule has 0 aromatic rings. The number of amides is 1. The number of carbonyl (C=O) groups excluding carboxylic acids is 1. The molecule has 100 valence electrons. The van der Waals surface area contributed by atoms with Crippen molar-refractivity contribution >= 4 is 5.91 Å². The lowest BCUT2D eigenvalue weighted by Crippen LogP contribution is -2.56. The van der Waals surface area contributed by atoms with Crippen molar-refractivity contribution in [2.75, 3.05) is 19.7 Å². The Morgan fingerprint density at radius 3 is 2.76 bits per heavy atom. The van der Waals surface area contributed by atoms with Crippen LogP contribution in [-0.4, -0.2) is 47.3 Å². The first-order chi connectivity index (χ1) is 7.89. The van der Waals surface area contributed by atoms with E-state index in [4.69, 9.17) is 4.74 Å². The Kier molecular flexibility index (Phi) is 4.95. The smallest absolute Gasteiger partial charge is 0.225 e. The third-order valence-electron chi connectivity index (χ3n) is 3.14. The van der Waals surface area contributed by atoms with Crippen molar-refractivity contribution in [3.63, 3.8) is 0 Å². The van der Waals surface area contributed by atoms with E-state index in [1.807, 2.05) is 25.7 Å². The van der Waals surface area contributed by atoms with Crippen molar-refractivity contribution in [3.8, 4) is 0 Å². The molecule has 17 heavy (non-hydrogen) atoms. The number of rotatable bonds is 4. The van der Waals surface area contributed by atoms with E-state index >= 15 is 0 Å². The molecule has 1 fully saturated rings. The molecule has 1 amide bonds. The van der Waals surface area contributed by atoms with Gasteiger partial charge >= 0.3 is 0 Å². The van der Waals surface area contributed by atoms with Crippen molar-refractivity contribution in [2.45, 2.75) is 52.2 Å². The van der Waals surface area contributed by atoms with Gasteiger partial charge in [-0.2, -0.15) is 0 Å². The van der Waals surface area contributed by atoms with Gasteiger partial charge in [-0.25, -0.2) is 0 Å². The average Bonchev–Trinajstić information content (AvgIpc) is 2.26. The maximum absolute atomic E-state index is 12.2. The van der Waals surface area contributed by atoms with E-state index in [0.29, 0.717) is 13.1 Å². The van der Waals surface area contributed by atoms with E-state index in [2.05, 4.69) is 6.92 Å². The lowest BCUT2D eigenvalue weighted by atomic mass is 10.0. The largest absolute Gasteiger partial charge is 0.394 e. The van der Waals surface area contributed by atoms with Crippen LogP contribution in [0.2, 0.25) is 0 Å². The van der Waals surface area contributed by atoms with Crippen LogP contribution in [0.15, 0.2) is 0 Å². The van der Waals surface area contributed by atoms with E-state index in [1.54, 1.807) is 0 Å². The van der Waals surface area contributed by atoms with Crippen LogP contribution in [0.1, 0.15) is 40.5 Å². The van der Waals surface area contributed by atoms with Gasteiger partial charge in [-0.3, -0.25) is 4.79 Å². The zero-order valence-electron chi connectivity index (χ0n) is 11.4. The minimum Gasteiger partial charge on any atom is -0.394 e. The van der Waals surface area contributed by atoms with E-state index < -0.39 is 0 Å². The van der Waals surface area contributed by atoms with Gasteiger partial charge in [0.05, 0.1) is 18.3 Å². The number of carbonyl (C=O) groups is 1. The highest BCUT2D eigenvalue weighted by atomic mass is 16.5. The molecule has 1 aliphatic rings. The molecule has 0 aromatic carbocycles. The van der Waals surface area contributed by atoms with Gasteiger partial charge in [-0.1, -0.05) is 20.3 Å². The molecule has 1 saturated heterocycles. The Labute approximate surface area is 104 Å². The third-order valence-corrected chi connectivity index (χ3v) is 3.14. The SMILES string of the molecule is CCCC(C)C(=O)N1CC(CO)OC(C)(C)C1. The zero-order chi connectivity index (χ0) is 13.1. The predicted octanol–water partition coefficient (Wildman–Crippen LogP) is 1.42. The molecule has 0 saturated carbocycles. The van der Waals surface area contributed by atoms with Crippen molar-refractivity contribution in [1.29, 1.82) is 0 Å². The Morgan fingerprint density at radius 2 is 2.24 bits per heavy atom. The van der Waals surface area contributed by atoms with Gasteiger partial charge in [0.15, 0.2) is 0 Å². The fourth-order valence-electron chi connectivity index (χ4n) is 2.43. The van der Waals surface area contributed by atoms with Crippen molar-refractivity contribution in [3.05, 3.63) is 0 Å². The van der Waals surface area contributed by atoms with Gasteiger partial charge in [-0.15, -0.1) is 0 Å². The van der Waals surface area contributed by atoms with E-state index in [0.717, 1.165) is 12.8 Å². The highest BCUT2D eigenvalue weighted by Gasteiger charge is 2.36. The van der Waals surface area contributed by atoms with Crippen LogP contribution in [0.5, 0.6) is 0 Å². The first-order valence-corrected chi connectivity index (χ1v) is 6.47. The van der Waals surface area contributed by atoms with Crippen LogP contribution in [-0.2, 0) is 9.53 Å². The molecule has 2 atom stereocenters. The summed E-state index contributed by atoms with van der Waals surface area (Å²) in [6.07, 6.45) is 1.68. The summed E-state index contributed by atoms with van der Waals surface area (Å²) in [5.41, 5.74) is -0.368. The molecular weight excluding hydrogens is 218 g/mol. The number of ether oxygens (including phenoxy) is 1. The quantitative estimate of drug-likeness (QED) is 0.812. The number of aliphatic hydroxyl groups excluding tert-OH is 1. The average molecular weight is 243 g/mol. The van der Waals surface area contributed by atoms with Crippen LogP contribution in [0.4, 0.5) is 0 Å². The molecule has 0 aliphatic carbocycles. The van der Waals surface area contributed by atoms with Gasteiger partial charge in [0.2, 0.25) is 5.91 Å². The van der Waals surface area contributed by atoms with Crippen molar-refractivity contribution in [2.24, 2.45) is 5.92 Å². The van der Waals surface area contributed by atoms with Crippen LogP contribution in [0, 0.1) is 5.92 Å². The standard InChI is InChI=1S/C13H25NO3/c1-5-6-10(2)12(16)14-7-11(8-15)17-13(3,4)9-14/h10-11,15H,5-9H2,1-4H3. The molecule has 1 heterocycles. The summed E-state index contributed by atoms with van der Waals surface area (Å²) >= 11 is 0. The molecule has 1 N–H and O–H groups in total. The molecule has 0 radical (unpaired) electrons. The summed E-state index contributed by atoms with van der Waals surface area (Å²) in [6, 6.07) is 0. The highest BCUT2D eigenvalue weighted by Crippen LogP contribution is 2.23. The molecule has 2 unspecified atom stereocenters. The molecule has 0 aromatic heterocycles. The highest BCUT2D eigenvalue weighted by molar-refractivity contribution is 5.78. The number of morpholine rings is 1. The van der Waals surface area contributed by atoms with Crippen LogP contribution < -0.4 is 0 Å².